The lowest BCUT2D eigenvalue weighted by atomic mass is 9.65. The highest BCUT2D eigenvalue weighted by molar-refractivity contribution is 7.95. The van der Waals surface area contributed by atoms with Crippen molar-refractivity contribution in [2.45, 2.75) is 53.9 Å². The number of carbonyl (C=O) groups is 1. The molecule has 0 aromatic heterocycles. The Hall–Kier alpha value is -1.72. The van der Waals surface area contributed by atoms with Gasteiger partial charge in [0.15, 0.2) is 0 Å². The van der Waals surface area contributed by atoms with Crippen molar-refractivity contribution in [2.75, 3.05) is 7.11 Å². The van der Waals surface area contributed by atoms with Crippen LogP contribution in [-0.4, -0.2) is 18.2 Å². The molecule has 1 aromatic rings. The number of benzene rings is 1. The van der Waals surface area contributed by atoms with E-state index < -0.39 is 16.7 Å². The predicted octanol–water partition coefficient (Wildman–Crippen LogP) is 5.68. The zero-order chi connectivity index (χ0) is 20.0. The van der Waals surface area contributed by atoms with E-state index in [1.54, 1.807) is 19.2 Å². The van der Waals surface area contributed by atoms with Crippen molar-refractivity contribution in [3.8, 4) is 0 Å². The number of aromatic carboxylic acids is 1. The molecule has 4 nitrogen and oxygen atoms in total. The Kier molecular flexibility index (Phi) is 5.21. The van der Waals surface area contributed by atoms with E-state index in [0.717, 1.165) is 18.4 Å². The first-order valence-electron chi connectivity index (χ1n) is 9.34. The molecular weight excluding hydrogens is 358 g/mol. The van der Waals surface area contributed by atoms with Gasteiger partial charge < -0.3 is 5.11 Å². The lowest BCUT2D eigenvalue weighted by Gasteiger charge is -2.41. The summed E-state index contributed by atoms with van der Waals surface area (Å²) in [4.78, 5) is 19.1. The van der Waals surface area contributed by atoms with E-state index in [2.05, 4.69) is 39.1 Å². The number of hydrogen-bond donors (Lipinski definition) is 1. The molecule has 1 unspecified atom stereocenters. The second-order valence-corrected chi connectivity index (χ2v) is 10.4. The Bertz CT molecular complexity index is 873. The number of carboxylic acid groups (broad SMARTS) is 1. The molecular formula is C22H29NO3S. The first-order chi connectivity index (χ1) is 12.6. The smallest absolute Gasteiger partial charge is 0.335 e. The maximum absolute atomic E-state index is 11.1. The third kappa shape index (κ3) is 3.55. The van der Waals surface area contributed by atoms with E-state index in [4.69, 9.17) is 9.94 Å². The molecule has 0 fully saturated rings. The Labute approximate surface area is 164 Å². The Morgan fingerprint density at radius 3 is 2.30 bits per heavy atom. The van der Waals surface area contributed by atoms with Gasteiger partial charge in [-0.3, -0.25) is 0 Å². The summed E-state index contributed by atoms with van der Waals surface area (Å²) in [5.41, 5.74) is 4.46. The predicted molar refractivity (Wildman–Crippen MR) is 110 cm³/mol. The normalized spacial score (nSPS) is 23.7. The number of hydrogen-bond acceptors (Lipinski definition) is 3. The van der Waals surface area contributed by atoms with Crippen molar-refractivity contribution in [2.24, 2.45) is 15.4 Å². The van der Waals surface area contributed by atoms with Crippen LogP contribution in [0.2, 0.25) is 0 Å². The average molecular weight is 388 g/mol. The maximum Gasteiger partial charge on any atom is 0.335 e. The van der Waals surface area contributed by atoms with Gasteiger partial charge in [-0.05, 0) is 70.1 Å². The van der Waals surface area contributed by atoms with Gasteiger partial charge in [-0.1, -0.05) is 39.8 Å². The zero-order valence-corrected chi connectivity index (χ0v) is 17.9. The van der Waals surface area contributed by atoms with Gasteiger partial charge in [0.2, 0.25) is 0 Å². The van der Waals surface area contributed by atoms with Gasteiger partial charge in [0.05, 0.1) is 12.7 Å². The Morgan fingerprint density at radius 1 is 1.15 bits per heavy atom. The molecule has 1 N–H and O–H groups in total. The summed E-state index contributed by atoms with van der Waals surface area (Å²) < 4.78 is 4.56. The summed E-state index contributed by atoms with van der Waals surface area (Å²) in [6, 6.07) is 7.17. The summed E-state index contributed by atoms with van der Waals surface area (Å²) in [5.74, 6) is -0.896. The van der Waals surface area contributed by atoms with E-state index >= 15 is 0 Å². The highest BCUT2D eigenvalue weighted by atomic mass is 32.2. The van der Waals surface area contributed by atoms with Crippen molar-refractivity contribution in [1.82, 2.24) is 0 Å². The van der Waals surface area contributed by atoms with Crippen LogP contribution in [0.25, 0.3) is 0 Å². The monoisotopic (exact) mass is 387 g/mol. The van der Waals surface area contributed by atoms with E-state index in [0.29, 0.717) is 5.56 Å². The Balaban J connectivity index is 2.06. The van der Waals surface area contributed by atoms with Crippen LogP contribution in [0.1, 0.15) is 63.4 Å². The molecule has 0 saturated carbocycles. The molecule has 27 heavy (non-hydrogen) atoms. The molecule has 0 bridgehead atoms. The van der Waals surface area contributed by atoms with Crippen LogP contribution in [0.4, 0.5) is 0 Å². The standard InChI is InChI=1S/C22H29NO3S/c1-14-17(13-15-7-9-16(10-8-15)20(24)25)27(23-26-6)19-18(14)21(2,3)11-12-22(19,4)5/h7-10H,11-13H2,1-6H3,(H,24,25). The average Bonchev–Trinajstić information content (AvgIpc) is 2.88. The molecule has 1 aliphatic heterocycles. The minimum atomic E-state index is -0.896. The molecule has 3 rings (SSSR count). The first-order valence-corrected chi connectivity index (χ1v) is 10.5. The molecule has 1 atom stereocenters. The van der Waals surface area contributed by atoms with Crippen LogP contribution in [0.5, 0.6) is 0 Å². The van der Waals surface area contributed by atoms with Gasteiger partial charge in [0, 0.05) is 16.2 Å². The van der Waals surface area contributed by atoms with E-state index in [9.17, 15) is 4.79 Å². The maximum atomic E-state index is 11.1. The largest absolute Gasteiger partial charge is 0.478 e. The second-order valence-electron chi connectivity index (χ2n) is 8.74. The summed E-state index contributed by atoms with van der Waals surface area (Å²) in [6.45, 7) is 11.5. The summed E-state index contributed by atoms with van der Waals surface area (Å²) in [5, 5.41) is 9.12. The van der Waals surface area contributed by atoms with Gasteiger partial charge in [0.25, 0.3) is 0 Å². The first kappa shape index (κ1) is 20.0. The topological polar surface area (TPSA) is 58.9 Å². The fraction of sp³-hybridized carbons (Fsp3) is 0.500. The molecule has 0 spiro atoms. The third-order valence-corrected chi connectivity index (χ3v) is 8.19. The molecule has 146 valence electrons. The number of nitrogens with zero attached hydrogens (tertiary/aromatic N) is 1. The minimum Gasteiger partial charge on any atom is -0.478 e. The number of rotatable bonds is 4. The van der Waals surface area contributed by atoms with Crippen molar-refractivity contribution < 1.29 is 14.7 Å². The molecule has 1 aliphatic carbocycles. The zero-order valence-electron chi connectivity index (χ0n) is 17.0. The molecule has 5 heteroatoms. The van der Waals surface area contributed by atoms with Crippen LogP contribution >= 0.6 is 0 Å². The summed E-state index contributed by atoms with van der Waals surface area (Å²) in [7, 11) is 1.23. The van der Waals surface area contributed by atoms with Gasteiger partial charge in [-0.15, -0.1) is 4.53 Å². The van der Waals surface area contributed by atoms with Crippen LogP contribution in [-0.2, 0) is 21.9 Å². The molecule has 0 amide bonds. The van der Waals surface area contributed by atoms with Crippen molar-refractivity contribution >= 4 is 16.7 Å². The van der Waals surface area contributed by atoms with Crippen LogP contribution in [0.15, 0.2) is 49.7 Å². The van der Waals surface area contributed by atoms with Crippen molar-refractivity contribution in [3.05, 3.63) is 56.3 Å². The summed E-state index contributed by atoms with van der Waals surface area (Å²) in [6.07, 6.45) is 3.08. The minimum absolute atomic E-state index is 0.103. The lowest BCUT2D eigenvalue weighted by Crippen LogP contribution is -2.30. The van der Waals surface area contributed by atoms with E-state index in [1.807, 2.05) is 12.1 Å². The molecule has 0 saturated heterocycles. The lowest BCUT2D eigenvalue weighted by molar-refractivity contribution is 0.0697. The summed E-state index contributed by atoms with van der Waals surface area (Å²) >= 11 is 0. The van der Waals surface area contributed by atoms with E-state index in [1.165, 1.54) is 27.4 Å². The van der Waals surface area contributed by atoms with Gasteiger partial charge in [-0.25, -0.2) is 9.63 Å². The molecule has 1 heterocycles. The SMILES string of the molecule is CO/N=S1\C(Cc2ccc(C(=O)O)cc2)=C(C)C2=C1C(C)(C)CCC2(C)C. The van der Waals surface area contributed by atoms with Crippen molar-refractivity contribution in [3.63, 3.8) is 0 Å². The number of carboxylic acids is 1. The van der Waals surface area contributed by atoms with Crippen molar-refractivity contribution in [1.29, 1.82) is 0 Å². The van der Waals surface area contributed by atoms with Crippen LogP contribution in [0.3, 0.4) is 0 Å². The molecule has 0 radical (unpaired) electrons. The van der Waals surface area contributed by atoms with Gasteiger partial charge in [-0.2, -0.15) is 0 Å². The number of allylic oxidation sites excluding steroid dienone is 4. The second kappa shape index (κ2) is 7.02. The highest BCUT2D eigenvalue weighted by Gasteiger charge is 2.46. The quantitative estimate of drug-likeness (QED) is 0.676. The van der Waals surface area contributed by atoms with E-state index in [-0.39, 0.29) is 10.8 Å². The van der Waals surface area contributed by atoms with Crippen LogP contribution < -0.4 is 0 Å². The fourth-order valence-electron chi connectivity index (χ4n) is 4.26. The third-order valence-electron chi connectivity index (χ3n) is 5.83. The molecule has 1 aromatic carbocycles. The molecule has 2 aliphatic rings. The Morgan fingerprint density at radius 2 is 1.74 bits per heavy atom. The van der Waals surface area contributed by atoms with Gasteiger partial charge >= 0.3 is 5.97 Å². The van der Waals surface area contributed by atoms with Gasteiger partial charge in [0.1, 0.15) is 0 Å². The van der Waals surface area contributed by atoms with Crippen LogP contribution in [0, 0.1) is 10.8 Å². The fourth-order valence-corrected chi connectivity index (χ4v) is 6.77. The highest BCUT2D eigenvalue weighted by Crippen LogP contribution is 2.57.